The van der Waals surface area contributed by atoms with Crippen molar-refractivity contribution < 1.29 is 22.7 Å². The van der Waals surface area contributed by atoms with Crippen LogP contribution in [0.25, 0.3) is 0 Å². The molecule has 0 spiro atoms. The molecule has 0 saturated heterocycles. The minimum atomic E-state index is -2.86. The number of thioether (sulfide) groups is 1. The second-order valence-electron chi connectivity index (χ2n) is 6.61. The van der Waals surface area contributed by atoms with Crippen LogP contribution in [-0.4, -0.2) is 46.2 Å². The Morgan fingerprint density at radius 1 is 1.48 bits per heavy atom. The normalized spacial score (nSPS) is 20.7. The second-order valence-corrected chi connectivity index (χ2v) is 8.96. The summed E-state index contributed by atoms with van der Waals surface area (Å²) in [5.74, 6) is 4.39. The average Bonchev–Trinajstić information content (AvgIpc) is 3.19. The van der Waals surface area contributed by atoms with Gasteiger partial charge < -0.3 is 15.8 Å². The van der Waals surface area contributed by atoms with E-state index in [4.69, 9.17) is 5.73 Å². The first-order valence-corrected chi connectivity index (χ1v) is 10.7. The van der Waals surface area contributed by atoms with Gasteiger partial charge in [0.2, 0.25) is 0 Å². The van der Waals surface area contributed by atoms with Gasteiger partial charge in [0.25, 0.3) is 5.91 Å². The van der Waals surface area contributed by atoms with E-state index >= 15 is 0 Å². The molecule has 0 unspecified atom stereocenters. The van der Waals surface area contributed by atoms with Crippen molar-refractivity contribution in [1.82, 2.24) is 9.97 Å². The predicted molar refractivity (Wildman–Crippen MR) is 114 cm³/mol. The number of carbonyl (C=O) groups is 1. The molecule has 12 heteroatoms. The van der Waals surface area contributed by atoms with Gasteiger partial charge in [0.15, 0.2) is 16.8 Å². The molecule has 7 nitrogen and oxygen atoms in total. The van der Waals surface area contributed by atoms with Crippen molar-refractivity contribution in [2.45, 2.75) is 30.7 Å². The van der Waals surface area contributed by atoms with Crippen LogP contribution in [0.4, 0.5) is 18.9 Å². The molecular weight excluding hydrogens is 451 g/mol. The van der Waals surface area contributed by atoms with Crippen LogP contribution in [0.2, 0.25) is 0 Å². The monoisotopic (exact) mass is 469 g/mol. The maximum Gasteiger partial charge on any atom is 0.345 e. The van der Waals surface area contributed by atoms with Crippen molar-refractivity contribution >= 4 is 39.9 Å². The third kappa shape index (κ3) is 6.19. The first-order valence-electron chi connectivity index (χ1n) is 8.99. The number of pyridine rings is 1. The highest BCUT2D eigenvalue weighted by Crippen LogP contribution is 2.39. The fraction of sp³-hybridized carbons (Fsp3) is 0.368. The van der Waals surface area contributed by atoms with E-state index in [9.17, 15) is 18.0 Å². The number of alkyl halides is 3. The molecule has 0 bridgehead atoms. The average molecular weight is 470 g/mol. The van der Waals surface area contributed by atoms with Gasteiger partial charge in [0.1, 0.15) is 5.54 Å². The first kappa shape index (κ1) is 23.1. The lowest BCUT2D eigenvalue weighted by Gasteiger charge is -2.33. The minimum absolute atomic E-state index is 0.174. The molecule has 3 heterocycles. The Morgan fingerprint density at radius 3 is 3.03 bits per heavy atom. The molecule has 2 atom stereocenters. The van der Waals surface area contributed by atoms with Crippen LogP contribution < -0.4 is 11.1 Å². The van der Waals surface area contributed by atoms with E-state index in [2.05, 4.69) is 36.9 Å². The fourth-order valence-electron chi connectivity index (χ4n) is 2.95. The summed E-state index contributed by atoms with van der Waals surface area (Å²) in [5, 5.41) is 2.82. The van der Waals surface area contributed by atoms with Crippen molar-refractivity contribution in [3.8, 4) is 11.8 Å². The van der Waals surface area contributed by atoms with E-state index in [1.165, 1.54) is 24.2 Å². The fourth-order valence-corrected chi connectivity index (χ4v) is 4.79. The van der Waals surface area contributed by atoms with Gasteiger partial charge in [-0.25, -0.2) is 14.4 Å². The van der Waals surface area contributed by atoms with Gasteiger partial charge in [-0.15, -0.1) is 11.3 Å². The highest BCUT2D eigenvalue weighted by atomic mass is 32.2. The molecule has 0 aliphatic carbocycles. The zero-order chi connectivity index (χ0) is 22.4. The number of hydrogen-bond donors (Lipinski definition) is 2. The molecule has 3 N–H and O–H groups in total. The molecule has 0 fully saturated rings. The van der Waals surface area contributed by atoms with E-state index in [1.54, 1.807) is 19.1 Å². The summed E-state index contributed by atoms with van der Waals surface area (Å²) in [4.78, 5) is 25.7. The topological polar surface area (TPSA) is 102 Å². The van der Waals surface area contributed by atoms with E-state index in [0.29, 0.717) is 22.7 Å². The molecule has 2 aromatic heterocycles. The van der Waals surface area contributed by atoms with Gasteiger partial charge in [-0.2, -0.15) is 8.78 Å². The van der Waals surface area contributed by atoms with Gasteiger partial charge in [-0.05, 0) is 25.5 Å². The van der Waals surface area contributed by atoms with Gasteiger partial charge in [0, 0.05) is 17.1 Å². The van der Waals surface area contributed by atoms with Crippen LogP contribution in [0.3, 0.4) is 0 Å². The number of anilines is 1. The van der Waals surface area contributed by atoms with E-state index < -0.39 is 24.7 Å². The lowest BCUT2D eigenvalue weighted by atomic mass is 9.91. The van der Waals surface area contributed by atoms with Crippen LogP contribution >= 0.6 is 23.1 Å². The number of rotatable bonds is 6. The third-order valence-electron chi connectivity index (χ3n) is 4.23. The molecule has 1 aliphatic heterocycles. The Balaban J connectivity index is 1.75. The van der Waals surface area contributed by atoms with Crippen LogP contribution in [0, 0.1) is 11.8 Å². The van der Waals surface area contributed by atoms with Crippen molar-refractivity contribution in [3.05, 3.63) is 40.1 Å². The second kappa shape index (κ2) is 10.1. The van der Waals surface area contributed by atoms with Crippen molar-refractivity contribution in [3.63, 3.8) is 0 Å². The van der Waals surface area contributed by atoms with Gasteiger partial charge in [-0.3, -0.25) is 9.78 Å². The molecule has 1 amide bonds. The number of halogens is 3. The minimum Gasteiger partial charge on any atom is -0.379 e. The largest absolute Gasteiger partial charge is 0.379 e. The lowest BCUT2D eigenvalue weighted by Crippen LogP contribution is -2.36. The number of aliphatic imine (C=N–C) groups is 1. The number of nitrogens with zero attached hydrogens (tertiary/aromatic N) is 3. The quantitative estimate of drug-likeness (QED) is 0.629. The molecule has 0 saturated carbocycles. The smallest absolute Gasteiger partial charge is 0.345 e. The summed E-state index contributed by atoms with van der Waals surface area (Å²) in [5.41, 5.74) is 6.01. The third-order valence-corrected chi connectivity index (χ3v) is 6.11. The number of amides is 1. The molecule has 0 aromatic carbocycles. The number of aromatic nitrogens is 2. The van der Waals surface area contributed by atoms with Crippen LogP contribution in [0.1, 0.15) is 33.7 Å². The number of amidine groups is 1. The van der Waals surface area contributed by atoms with Crippen LogP contribution in [0.5, 0.6) is 0 Å². The number of thiazole rings is 1. The number of nitrogens with one attached hydrogen (secondary N) is 1. The van der Waals surface area contributed by atoms with E-state index in [1.807, 2.05) is 0 Å². The SMILES string of the molecule is C[C@@]1(c2cc(NC(=O)c3ncc(C#CCF)s3)ccn2)C[C@@H](COC(F)F)SC(N)=N1. The Labute approximate surface area is 184 Å². The highest BCUT2D eigenvalue weighted by molar-refractivity contribution is 8.14. The number of nitrogens with two attached hydrogens (primary N) is 1. The maximum absolute atomic E-state index is 12.5. The lowest BCUT2D eigenvalue weighted by molar-refractivity contribution is -0.128. The standard InChI is InChI=1S/C19H18F3N5O2S2/c1-19(8-13(10-29-17(21)22)31-18(23)27-19)14-7-11(4-6-24-14)26-15(28)16-25-9-12(30-16)3-2-5-20/h4,6-7,9,13,17H,5,8,10H2,1H3,(H2,23,27)(H,24,26,28)/t13-,19-/m0/s1. The number of ether oxygens (including phenoxy) is 1. The maximum atomic E-state index is 12.5. The molecule has 2 aromatic rings. The summed E-state index contributed by atoms with van der Waals surface area (Å²) in [6.07, 6.45) is 3.28. The van der Waals surface area contributed by atoms with Crippen molar-refractivity contribution in [2.75, 3.05) is 18.6 Å². The summed E-state index contributed by atoms with van der Waals surface area (Å²) < 4.78 is 41.4. The molecule has 31 heavy (non-hydrogen) atoms. The van der Waals surface area contributed by atoms with E-state index in [0.717, 1.165) is 11.3 Å². The van der Waals surface area contributed by atoms with Gasteiger partial charge >= 0.3 is 6.61 Å². The first-order chi connectivity index (χ1) is 14.8. The number of hydrogen-bond acceptors (Lipinski definition) is 8. The van der Waals surface area contributed by atoms with Crippen LogP contribution in [0.15, 0.2) is 29.5 Å². The summed E-state index contributed by atoms with van der Waals surface area (Å²) in [6, 6.07) is 3.25. The summed E-state index contributed by atoms with van der Waals surface area (Å²) in [6.45, 7) is -2.03. The van der Waals surface area contributed by atoms with Crippen LogP contribution in [-0.2, 0) is 10.3 Å². The highest BCUT2D eigenvalue weighted by Gasteiger charge is 2.36. The molecule has 164 valence electrons. The molecular formula is C19H18F3N5O2S2. The molecule has 3 rings (SSSR count). The zero-order valence-corrected chi connectivity index (χ0v) is 17.9. The Hall–Kier alpha value is -2.62. The molecule has 0 radical (unpaired) electrons. The van der Waals surface area contributed by atoms with Gasteiger partial charge in [0.05, 0.1) is 23.4 Å². The van der Waals surface area contributed by atoms with Gasteiger partial charge in [-0.1, -0.05) is 23.6 Å². The van der Waals surface area contributed by atoms with E-state index in [-0.39, 0.29) is 22.0 Å². The zero-order valence-electron chi connectivity index (χ0n) is 16.3. The summed E-state index contributed by atoms with van der Waals surface area (Å²) >= 11 is 2.22. The predicted octanol–water partition coefficient (Wildman–Crippen LogP) is 3.39. The number of carbonyl (C=O) groups excluding carboxylic acids is 1. The summed E-state index contributed by atoms with van der Waals surface area (Å²) in [7, 11) is 0. The molecule has 1 aliphatic rings. The Kier molecular flexibility index (Phi) is 7.53. The van der Waals surface area contributed by atoms with Crippen molar-refractivity contribution in [2.24, 2.45) is 10.7 Å². The Bertz CT molecular complexity index is 1040. The van der Waals surface area contributed by atoms with Crippen molar-refractivity contribution in [1.29, 1.82) is 0 Å². The Morgan fingerprint density at radius 2 is 2.29 bits per heavy atom.